The molecule has 0 radical (unpaired) electrons. The Labute approximate surface area is 125 Å². The molecular weight excluding hydrogens is 292 g/mol. The molecule has 0 bridgehead atoms. The number of amides is 1. The Morgan fingerprint density at radius 2 is 1.62 bits per heavy atom. The first-order valence-corrected chi connectivity index (χ1v) is 8.12. The summed E-state index contributed by atoms with van der Waals surface area (Å²) in [5, 5.41) is 8.73. The highest BCUT2D eigenvalue weighted by atomic mass is 32.2. The van der Waals surface area contributed by atoms with E-state index >= 15 is 0 Å². The van der Waals surface area contributed by atoms with E-state index in [1.165, 1.54) is 5.48 Å². The van der Waals surface area contributed by atoms with Gasteiger partial charge in [-0.15, -0.1) is 0 Å². The van der Waals surface area contributed by atoms with Gasteiger partial charge in [0.15, 0.2) is 0 Å². The Morgan fingerprint density at radius 1 is 1.14 bits per heavy atom. The Balaban J connectivity index is 3.26. The summed E-state index contributed by atoms with van der Waals surface area (Å²) in [6.45, 7) is 8.70. The number of hydroxylamine groups is 1. The van der Waals surface area contributed by atoms with Crippen molar-refractivity contribution < 1.29 is 18.4 Å². The maximum absolute atomic E-state index is 12.5. The first kappa shape index (κ1) is 17.6. The van der Waals surface area contributed by atoms with E-state index in [9.17, 15) is 13.2 Å². The molecule has 118 valence electrons. The number of rotatable bonds is 5. The van der Waals surface area contributed by atoms with Gasteiger partial charge in [0.1, 0.15) is 6.04 Å². The van der Waals surface area contributed by atoms with Gasteiger partial charge in [-0.05, 0) is 37.8 Å². The minimum absolute atomic E-state index is 0.171. The summed E-state index contributed by atoms with van der Waals surface area (Å²) in [5.74, 6) is -1.09. The molecule has 1 unspecified atom stereocenters. The lowest BCUT2D eigenvalue weighted by atomic mass is 10.1. The molecule has 1 aromatic rings. The van der Waals surface area contributed by atoms with Gasteiger partial charge in [0.25, 0.3) is 5.91 Å². The monoisotopic (exact) mass is 314 g/mol. The van der Waals surface area contributed by atoms with Crippen LogP contribution in [0.15, 0.2) is 17.0 Å². The van der Waals surface area contributed by atoms with Gasteiger partial charge in [-0.3, -0.25) is 10.0 Å². The third-order valence-electron chi connectivity index (χ3n) is 3.21. The maximum Gasteiger partial charge on any atom is 0.261 e. The second-order valence-electron chi connectivity index (χ2n) is 5.55. The van der Waals surface area contributed by atoms with Crippen molar-refractivity contribution in [3.63, 3.8) is 0 Å². The minimum Gasteiger partial charge on any atom is -0.289 e. The average molecular weight is 314 g/mol. The summed E-state index contributed by atoms with van der Waals surface area (Å²) >= 11 is 0. The summed E-state index contributed by atoms with van der Waals surface area (Å²) in [5.41, 5.74) is 3.70. The topological polar surface area (TPSA) is 95.5 Å². The van der Waals surface area contributed by atoms with Gasteiger partial charge in [0, 0.05) is 0 Å². The molecule has 1 aromatic carbocycles. The zero-order valence-electron chi connectivity index (χ0n) is 12.9. The number of nitrogens with one attached hydrogen (secondary N) is 2. The molecule has 0 aliphatic carbocycles. The number of carbonyl (C=O) groups is 1. The van der Waals surface area contributed by atoms with Crippen LogP contribution < -0.4 is 10.2 Å². The highest BCUT2D eigenvalue weighted by molar-refractivity contribution is 7.89. The molecule has 0 aliphatic rings. The van der Waals surface area contributed by atoms with Gasteiger partial charge in [-0.1, -0.05) is 31.5 Å². The fourth-order valence-corrected chi connectivity index (χ4v) is 4.18. The van der Waals surface area contributed by atoms with E-state index in [0.717, 1.165) is 5.56 Å². The average Bonchev–Trinajstić information content (AvgIpc) is 2.33. The molecule has 0 saturated heterocycles. The number of hydrogen-bond acceptors (Lipinski definition) is 4. The van der Waals surface area contributed by atoms with Crippen LogP contribution >= 0.6 is 0 Å². The molecular formula is C14H22N2O4S. The van der Waals surface area contributed by atoms with Crippen molar-refractivity contribution in [2.75, 3.05) is 0 Å². The maximum atomic E-state index is 12.5. The van der Waals surface area contributed by atoms with E-state index in [-0.39, 0.29) is 10.8 Å². The second-order valence-corrected chi connectivity index (χ2v) is 7.20. The highest BCUT2D eigenvalue weighted by Gasteiger charge is 2.29. The van der Waals surface area contributed by atoms with Gasteiger partial charge in [0.2, 0.25) is 10.0 Å². The van der Waals surface area contributed by atoms with Crippen molar-refractivity contribution >= 4 is 15.9 Å². The zero-order valence-corrected chi connectivity index (χ0v) is 13.7. The van der Waals surface area contributed by atoms with E-state index < -0.39 is 22.0 Å². The first-order chi connectivity index (χ1) is 9.60. The van der Waals surface area contributed by atoms with Gasteiger partial charge in [-0.25, -0.2) is 13.9 Å². The van der Waals surface area contributed by atoms with Crippen LogP contribution in [-0.2, 0) is 14.8 Å². The Kier molecular flexibility index (Phi) is 5.49. The lowest BCUT2D eigenvalue weighted by Gasteiger charge is -2.21. The van der Waals surface area contributed by atoms with Crippen molar-refractivity contribution in [3.8, 4) is 0 Å². The fourth-order valence-electron chi connectivity index (χ4n) is 2.38. The SMILES string of the molecule is Cc1cc(C)c(S(=O)(=O)NC(C(=O)NO)C(C)C)c(C)c1. The van der Waals surface area contributed by atoms with Crippen LogP contribution in [0.4, 0.5) is 0 Å². The second kappa shape index (κ2) is 6.55. The van der Waals surface area contributed by atoms with E-state index in [0.29, 0.717) is 11.1 Å². The van der Waals surface area contributed by atoms with E-state index in [1.54, 1.807) is 39.8 Å². The molecule has 0 heterocycles. The lowest BCUT2D eigenvalue weighted by Crippen LogP contribution is -2.49. The van der Waals surface area contributed by atoms with Crippen LogP contribution in [0.1, 0.15) is 30.5 Å². The normalized spacial score (nSPS) is 13.3. The molecule has 1 atom stereocenters. The van der Waals surface area contributed by atoms with Gasteiger partial charge in [0.05, 0.1) is 4.90 Å². The third kappa shape index (κ3) is 4.03. The molecule has 7 heteroatoms. The van der Waals surface area contributed by atoms with Crippen LogP contribution in [0.25, 0.3) is 0 Å². The predicted octanol–water partition coefficient (Wildman–Crippen LogP) is 1.42. The molecule has 0 spiro atoms. The standard InChI is InChI=1S/C14H22N2O4S/c1-8(2)12(14(17)15-18)16-21(19,20)13-10(4)6-9(3)7-11(13)5/h6-8,12,16,18H,1-5H3,(H,15,17). The number of benzene rings is 1. The molecule has 0 aliphatic heterocycles. The molecule has 3 N–H and O–H groups in total. The van der Waals surface area contributed by atoms with Crippen LogP contribution in [0, 0.1) is 26.7 Å². The molecule has 6 nitrogen and oxygen atoms in total. The van der Waals surface area contributed by atoms with Crippen LogP contribution in [0.3, 0.4) is 0 Å². The van der Waals surface area contributed by atoms with Crippen LogP contribution in [-0.4, -0.2) is 25.6 Å². The Morgan fingerprint density at radius 3 is 2.00 bits per heavy atom. The summed E-state index contributed by atoms with van der Waals surface area (Å²) in [6, 6.07) is 2.51. The smallest absolute Gasteiger partial charge is 0.261 e. The zero-order chi connectivity index (χ0) is 16.4. The van der Waals surface area contributed by atoms with Gasteiger partial charge in [-0.2, -0.15) is 4.72 Å². The number of carbonyl (C=O) groups excluding carboxylic acids is 1. The van der Waals surface area contributed by atoms with Crippen molar-refractivity contribution in [2.45, 2.75) is 45.6 Å². The summed E-state index contributed by atoms with van der Waals surface area (Å²) in [7, 11) is -3.86. The fraction of sp³-hybridized carbons (Fsp3) is 0.500. The number of sulfonamides is 1. The van der Waals surface area contributed by atoms with Gasteiger partial charge >= 0.3 is 0 Å². The van der Waals surface area contributed by atoms with Crippen molar-refractivity contribution in [2.24, 2.45) is 5.92 Å². The molecule has 21 heavy (non-hydrogen) atoms. The van der Waals surface area contributed by atoms with Crippen LogP contribution in [0.2, 0.25) is 0 Å². The quantitative estimate of drug-likeness (QED) is 0.566. The molecule has 1 rings (SSSR count). The van der Waals surface area contributed by atoms with Crippen LogP contribution in [0.5, 0.6) is 0 Å². The van der Waals surface area contributed by atoms with E-state index in [1.807, 2.05) is 6.92 Å². The summed E-state index contributed by atoms with van der Waals surface area (Å²) in [6.07, 6.45) is 0. The molecule has 1 amide bonds. The third-order valence-corrected chi connectivity index (χ3v) is 4.96. The highest BCUT2D eigenvalue weighted by Crippen LogP contribution is 2.22. The van der Waals surface area contributed by atoms with Crippen molar-refractivity contribution in [1.82, 2.24) is 10.2 Å². The summed E-state index contributed by atoms with van der Waals surface area (Å²) < 4.78 is 27.5. The summed E-state index contributed by atoms with van der Waals surface area (Å²) in [4.78, 5) is 11.8. The first-order valence-electron chi connectivity index (χ1n) is 6.64. The molecule has 0 saturated carbocycles. The van der Waals surface area contributed by atoms with Crippen molar-refractivity contribution in [1.29, 1.82) is 0 Å². The Bertz CT molecular complexity index is 615. The van der Waals surface area contributed by atoms with Gasteiger partial charge < -0.3 is 0 Å². The van der Waals surface area contributed by atoms with Crippen molar-refractivity contribution in [3.05, 3.63) is 28.8 Å². The molecule has 0 fully saturated rings. The number of aryl methyl sites for hydroxylation is 3. The minimum atomic E-state index is -3.86. The largest absolute Gasteiger partial charge is 0.289 e. The predicted molar refractivity (Wildman–Crippen MR) is 79.5 cm³/mol. The molecule has 0 aromatic heterocycles. The van der Waals surface area contributed by atoms with E-state index in [4.69, 9.17) is 5.21 Å². The number of hydrogen-bond donors (Lipinski definition) is 3. The Hall–Kier alpha value is -1.44. The lowest BCUT2D eigenvalue weighted by molar-refractivity contribution is -0.131. The van der Waals surface area contributed by atoms with E-state index in [2.05, 4.69) is 4.72 Å².